The molecule has 24 heavy (non-hydrogen) atoms. The molecule has 0 atom stereocenters. The molecule has 0 N–H and O–H groups in total. The third kappa shape index (κ3) is 3.37. The molecular weight excluding hydrogens is 304 g/mol. The maximum Gasteiger partial charge on any atom is 0.256 e. The van der Waals surface area contributed by atoms with Gasteiger partial charge in [-0.2, -0.15) is 5.10 Å². The van der Waals surface area contributed by atoms with Gasteiger partial charge in [-0.05, 0) is 32.0 Å². The standard InChI is InChI=1S/C18H20N4O2/c1-13(2)22(12-17-5-4-6-24-17)18(23)15-7-14(8-19-9-15)16-10-20-21(3)11-16/h4-11,13H,12H2,1-3H3. The molecule has 3 aromatic rings. The number of nitrogens with zero attached hydrogens (tertiary/aromatic N) is 4. The van der Waals surface area contributed by atoms with Crippen molar-refractivity contribution in [3.05, 3.63) is 60.6 Å². The summed E-state index contributed by atoms with van der Waals surface area (Å²) in [5.41, 5.74) is 2.36. The number of hydrogen-bond donors (Lipinski definition) is 0. The minimum Gasteiger partial charge on any atom is -0.467 e. The zero-order valence-corrected chi connectivity index (χ0v) is 14.0. The average molecular weight is 324 g/mol. The molecule has 0 unspecified atom stereocenters. The molecule has 0 aromatic carbocycles. The van der Waals surface area contributed by atoms with Crippen LogP contribution in [0.2, 0.25) is 0 Å². The number of rotatable bonds is 5. The number of aryl methyl sites for hydroxylation is 1. The van der Waals surface area contributed by atoms with E-state index in [0.29, 0.717) is 12.1 Å². The molecule has 0 aliphatic heterocycles. The maximum atomic E-state index is 12.9. The van der Waals surface area contributed by atoms with Gasteiger partial charge < -0.3 is 9.32 Å². The van der Waals surface area contributed by atoms with Gasteiger partial charge in [0.25, 0.3) is 5.91 Å². The summed E-state index contributed by atoms with van der Waals surface area (Å²) in [6.07, 6.45) is 8.60. The smallest absolute Gasteiger partial charge is 0.256 e. The zero-order valence-electron chi connectivity index (χ0n) is 14.0. The number of carbonyl (C=O) groups excluding carboxylic acids is 1. The first-order valence-electron chi connectivity index (χ1n) is 7.82. The second-order valence-electron chi connectivity index (χ2n) is 5.97. The lowest BCUT2D eigenvalue weighted by Gasteiger charge is -2.26. The van der Waals surface area contributed by atoms with Gasteiger partial charge in [0.15, 0.2) is 0 Å². The fourth-order valence-corrected chi connectivity index (χ4v) is 2.51. The van der Waals surface area contributed by atoms with E-state index in [1.54, 1.807) is 34.4 Å². The highest BCUT2D eigenvalue weighted by Crippen LogP contribution is 2.20. The van der Waals surface area contributed by atoms with Crippen molar-refractivity contribution in [2.45, 2.75) is 26.4 Å². The van der Waals surface area contributed by atoms with Crippen LogP contribution in [0.3, 0.4) is 0 Å². The normalized spacial score (nSPS) is 11.0. The second-order valence-corrected chi connectivity index (χ2v) is 5.97. The summed E-state index contributed by atoms with van der Waals surface area (Å²) in [7, 11) is 1.86. The van der Waals surface area contributed by atoms with Crippen LogP contribution < -0.4 is 0 Å². The first-order chi connectivity index (χ1) is 11.5. The van der Waals surface area contributed by atoms with Gasteiger partial charge in [-0.1, -0.05) is 0 Å². The van der Waals surface area contributed by atoms with Gasteiger partial charge in [0.2, 0.25) is 0 Å². The fraction of sp³-hybridized carbons (Fsp3) is 0.278. The van der Waals surface area contributed by atoms with Crippen LogP contribution in [0, 0.1) is 0 Å². The second kappa shape index (κ2) is 6.70. The van der Waals surface area contributed by atoms with Crippen molar-refractivity contribution in [1.82, 2.24) is 19.7 Å². The Kier molecular flexibility index (Phi) is 4.46. The van der Waals surface area contributed by atoms with E-state index in [9.17, 15) is 4.79 Å². The van der Waals surface area contributed by atoms with E-state index in [-0.39, 0.29) is 11.9 Å². The monoisotopic (exact) mass is 324 g/mol. The van der Waals surface area contributed by atoms with Crippen LogP contribution in [0.5, 0.6) is 0 Å². The number of furan rings is 1. The predicted molar refractivity (Wildman–Crippen MR) is 90.2 cm³/mol. The third-order valence-corrected chi connectivity index (χ3v) is 3.81. The number of aromatic nitrogens is 3. The van der Waals surface area contributed by atoms with Crippen LogP contribution in [-0.2, 0) is 13.6 Å². The van der Waals surface area contributed by atoms with Gasteiger partial charge >= 0.3 is 0 Å². The number of hydrogen-bond acceptors (Lipinski definition) is 4. The minimum atomic E-state index is -0.0698. The van der Waals surface area contributed by atoms with Gasteiger partial charge in [-0.15, -0.1) is 0 Å². The summed E-state index contributed by atoms with van der Waals surface area (Å²) in [5, 5.41) is 4.16. The average Bonchev–Trinajstić information content (AvgIpc) is 3.23. The lowest BCUT2D eigenvalue weighted by molar-refractivity contribution is 0.0675. The van der Waals surface area contributed by atoms with Crippen molar-refractivity contribution >= 4 is 5.91 Å². The molecule has 3 heterocycles. The van der Waals surface area contributed by atoms with Gasteiger partial charge in [0.05, 0.1) is 24.6 Å². The lowest BCUT2D eigenvalue weighted by atomic mass is 10.1. The Morgan fingerprint density at radius 2 is 2.12 bits per heavy atom. The van der Waals surface area contributed by atoms with E-state index < -0.39 is 0 Å². The predicted octanol–water partition coefficient (Wildman–Crippen LogP) is 3.13. The van der Waals surface area contributed by atoms with Crippen LogP contribution in [-0.4, -0.2) is 31.6 Å². The van der Waals surface area contributed by atoms with Crippen LogP contribution in [0.15, 0.2) is 53.7 Å². The topological polar surface area (TPSA) is 64.2 Å². The summed E-state index contributed by atoms with van der Waals surface area (Å²) in [6.45, 7) is 4.40. The van der Waals surface area contributed by atoms with Gasteiger partial charge in [0, 0.05) is 42.8 Å². The molecule has 0 spiro atoms. The van der Waals surface area contributed by atoms with Crippen molar-refractivity contribution in [2.24, 2.45) is 7.05 Å². The van der Waals surface area contributed by atoms with Crippen molar-refractivity contribution in [2.75, 3.05) is 0 Å². The highest BCUT2D eigenvalue weighted by Gasteiger charge is 2.21. The maximum absolute atomic E-state index is 12.9. The summed E-state index contributed by atoms with van der Waals surface area (Å²) in [4.78, 5) is 18.9. The molecule has 0 aliphatic rings. The molecule has 6 nitrogen and oxygen atoms in total. The Bertz CT molecular complexity index is 821. The van der Waals surface area contributed by atoms with E-state index >= 15 is 0 Å². The first kappa shape index (κ1) is 16.0. The Hall–Kier alpha value is -2.89. The van der Waals surface area contributed by atoms with Gasteiger partial charge in [-0.25, -0.2) is 0 Å². The van der Waals surface area contributed by atoms with Crippen LogP contribution in [0.25, 0.3) is 11.1 Å². The van der Waals surface area contributed by atoms with Gasteiger partial charge in [-0.3, -0.25) is 14.5 Å². The van der Waals surface area contributed by atoms with E-state index in [1.165, 1.54) is 0 Å². The Morgan fingerprint density at radius 3 is 2.75 bits per heavy atom. The quantitative estimate of drug-likeness (QED) is 0.723. The van der Waals surface area contributed by atoms with Crippen LogP contribution in [0.1, 0.15) is 30.0 Å². The SMILES string of the molecule is CC(C)N(Cc1ccco1)C(=O)c1cncc(-c2cnn(C)c2)c1. The number of amides is 1. The van der Waals surface area contributed by atoms with Crippen LogP contribution in [0.4, 0.5) is 0 Å². The van der Waals surface area contributed by atoms with Gasteiger partial charge in [0.1, 0.15) is 5.76 Å². The molecule has 124 valence electrons. The Morgan fingerprint density at radius 1 is 1.29 bits per heavy atom. The largest absolute Gasteiger partial charge is 0.467 e. The Labute approximate surface area is 140 Å². The molecule has 0 fully saturated rings. The molecule has 6 heteroatoms. The molecule has 0 saturated carbocycles. The van der Waals surface area contributed by atoms with Crippen molar-refractivity contribution < 1.29 is 9.21 Å². The summed E-state index contributed by atoms with van der Waals surface area (Å²) in [6, 6.07) is 5.59. The molecular formula is C18H20N4O2. The number of pyridine rings is 1. The summed E-state index contributed by atoms with van der Waals surface area (Å²) in [5.74, 6) is 0.688. The van der Waals surface area contributed by atoms with E-state index in [1.807, 2.05) is 45.3 Å². The highest BCUT2D eigenvalue weighted by atomic mass is 16.3. The van der Waals surface area contributed by atoms with Crippen molar-refractivity contribution in [1.29, 1.82) is 0 Å². The van der Waals surface area contributed by atoms with Crippen molar-refractivity contribution in [3.8, 4) is 11.1 Å². The fourth-order valence-electron chi connectivity index (χ4n) is 2.51. The number of carbonyl (C=O) groups is 1. The molecule has 0 bridgehead atoms. The first-order valence-corrected chi connectivity index (χ1v) is 7.82. The van der Waals surface area contributed by atoms with Crippen LogP contribution >= 0.6 is 0 Å². The molecule has 0 radical (unpaired) electrons. The third-order valence-electron chi connectivity index (χ3n) is 3.81. The molecule has 3 aromatic heterocycles. The minimum absolute atomic E-state index is 0.0460. The van der Waals surface area contributed by atoms with E-state index in [0.717, 1.165) is 16.9 Å². The van der Waals surface area contributed by atoms with E-state index in [2.05, 4.69) is 10.1 Å². The highest BCUT2D eigenvalue weighted by molar-refractivity contribution is 5.95. The van der Waals surface area contributed by atoms with E-state index in [4.69, 9.17) is 4.42 Å². The Balaban J connectivity index is 1.87. The molecule has 0 saturated heterocycles. The summed E-state index contributed by atoms with van der Waals surface area (Å²) >= 11 is 0. The van der Waals surface area contributed by atoms with Crippen molar-refractivity contribution in [3.63, 3.8) is 0 Å². The zero-order chi connectivity index (χ0) is 17.1. The molecule has 0 aliphatic carbocycles. The summed E-state index contributed by atoms with van der Waals surface area (Å²) < 4.78 is 7.10. The molecule has 1 amide bonds. The molecule has 3 rings (SSSR count). The lowest BCUT2D eigenvalue weighted by Crippen LogP contribution is -2.36.